The fourth-order valence-corrected chi connectivity index (χ4v) is 5.46. The molecule has 1 fully saturated rings. The number of sulfonamides is 1. The Hall–Kier alpha value is -2.58. The number of amides is 1. The summed E-state index contributed by atoms with van der Waals surface area (Å²) in [6, 6.07) is 11.8. The second kappa shape index (κ2) is 10.4. The molecular weight excluding hydrogens is 428 g/mol. The van der Waals surface area contributed by atoms with E-state index in [-0.39, 0.29) is 22.4 Å². The standard InChI is InChI=1S/C24H32N2O5S/c1-18(19-9-11-20(30-3)12-10-19)25(2)24(27)22-17-21(13-14-23(22)31-4)32(28,29)26-15-7-5-6-8-16-26/h9-14,17-18H,5-8,15-16H2,1-4H3. The molecule has 0 saturated carbocycles. The van der Waals surface area contributed by atoms with Crippen LogP contribution in [0.4, 0.5) is 0 Å². The minimum atomic E-state index is -3.68. The van der Waals surface area contributed by atoms with Crippen molar-refractivity contribution in [2.45, 2.75) is 43.5 Å². The number of nitrogens with zero attached hydrogens (tertiary/aromatic N) is 2. The molecule has 1 heterocycles. The second-order valence-corrected chi connectivity index (χ2v) is 9.98. The second-order valence-electron chi connectivity index (χ2n) is 8.05. The fraction of sp³-hybridized carbons (Fsp3) is 0.458. The van der Waals surface area contributed by atoms with Gasteiger partial charge in [-0.05, 0) is 55.7 Å². The zero-order chi connectivity index (χ0) is 23.3. The molecule has 0 bridgehead atoms. The molecule has 1 atom stereocenters. The van der Waals surface area contributed by atoms with E-state index in [0.717, 1.165) is 37.0 Å². The predicted molar refractivity (Wildman–Crippen MR) is 124 cm³/mol. The molecule has 2 aromatic rings. The molecule has 3 rings (SSSR count). The molecule has 1 saturated heterocycles. The Labute approximate surface area is 191 Å². The average molecular weight is 461 g/mol. The Morgan fingerprint density at radius 3 is 2.16 bits per heavy atom. The van der Waals surface area contributed by atoms with Crippen LogP contribution in [-0.2, 0) is 10.0 Å². The van der Waals surface area contributed by atoms with E-state index in [1.807, 2.05) is 31.2 Å². The molecule has 0 radical (unpaired) electrons. The lowest BCUT2D eigenvalue weighted by molar-refractivity contribution is 0.0739. The van der Waals surface area contributed by atoms with E-state index in [9.17, 15) is 13.2 Å². The van der Waals surface area contributed by atoms with Crippen molar-refractivity contribution in [1.29, 1.82) is 0 Å². The van der Waals surface area contributed by atoms with E-state index in [1.54, 1.807) is 25.1 Å². The lowest BCUT2D eigenvalue weighted by Crippen LogP contribution is -2.33. The SMILES string of the molecule is COc1ccc(C(C)N(C)C(=O)c2cc(S(=O)(=O)N3CCCCCC3)ccc2OC)cc1. The molecule has 174 valence electrons. The summed E-state index contributed by atoms with van der Waals surface area (Å²) in [6.07, 6.45) is 3.77. The van der Waals surface area contributed by atoms with Crippen LogP contribution in [-0.4, -0.2) is 57.9 Å². The molecule has 0 aromatic heterocycles. The minimum Gasteiger partial charge on any atom is -0.497 e. The van der Waals surface area contributed by atoms with E-state index >= 15 is 0 Å². The summed E-state index contributed by atoms with van der Waals surface area (Å²) in [7, 11) is 1.10. The van der Waals surface area contributed by atoms with Gasteiger partial charge in [0.1, 0.15) is 11.5 Å². The summed E-state index contributed by atoms with van der Waals surface area (Å²) >= 11 is 0. The maximum atomic E-state index is 13.4. The van der Waals surface area contributed by atoms with Crippen molar-refractivity contribution in [3.05, 3.63) is 53.6 Å². The van der Waals surface area contributed by atoms with Gasteiger partial charge in [-0.3, -0.25) is 4.79 Å². The first kappa shape index (κ1) is 24.1. The quantitative estimate of drug-likeness (QED) is 0.622. The van der Waals surface area contributed by atoms with Gasteiger partial charge >= 0.3 is 0 Å². The molecule has 1 unspecified atom stereocenters. The zero-order valence-electron chi connectivity index (χ0n) is 19.2. The van der Waals surface area contributed by atoms with Crippen molar-refractivity contribution in [3.63, 3.8) is 0 Å². The summed E-state index contributed by atoms with van der Waals surface area (Å²) in [5.74, 6) is 0.778. The van der Waals surface area contributed by atoms with Crippen LogP contribution in [0.2, 0.25) is 0 Å². The van der Waals surface area contributed by atoms with Crippen LogP contribution in [0.25, 0.3) is 0 Å². The molecule has 7 nitrogen and oxygen atoms in total. The Kier molecular flexibility index (Phi) is 7.79. The van der Waals surface area contributed by atoms with E-state index in [1.165, 1.54) is 23.5 Å². The Morgan fingerprint density at radius 2 is 1.59 bits per heavy atom. The molecule has 0 spiro atoms. The number of carbonyl (C=O) groups is 1. The number of hydrogen-bond donors (Lipinski definition) is 0. The molecule has 8 heteroatoms. The number of ether oxygens (including phenoxy) is 2. The first-order valence-corrected chi connectivity index (χ1v) is 12.3. The Bertz CT molecular complexity index is 1030. The van der Waals surface area contributed by atoms with E-state index in [4.69, 9.17) is 9.47 Å². The van der Waals surface area contributed by atoms with Crippen LogP contribution >= 0.6 is 0 Å². The largest absolute Gasteiger partial charge is 0.497 e. The third kappa shape index (κ3) is 5.07. The van der Waals surface area contributed by atoms with Gasteiger partial charge in [0.2, 0.25) is 10.0 Å². The van der Waals surface area contributed by atoms with E-state index in [0.29, 0.717) is 18.8 Å². The third-order valence-corrected chi connectivity index (χ3v) is 8.00. The normalized spacial score (nSPS) is 16.1. The van der Waals surface area contributed by atoms with Gasteiger partial charge in [-0.25, -0.2) is 8.42 Å². The monoisotopic (exact) mass is 460 g/mol. The van der Waals surface area contributed by atoms with E-state index < -0.39 is 10.0 Å². The van der Waals surface area contributed by atoms with Crippen LogP contribution in [0.5, 0.6) is 11.5 Å². The summed E-state index contributed by atoms with van der Waals surface area (Å²) in [5, 5.41) is 0. The molecule has 1 amide bonds. The van der Waals surface area contributed by atoms with Crippen LogP contribution < -0.4 is 9.47 Å². The Morgan fingerprint density at radius 1 is 0.969 bits per heavy atom. The Balaban J connectivity index is 1.90. The molecule has 0 N–H and O–H groups in total. The highest BCUT2D eigenvalue weighted by molar-refractivity contribution is 7.89. The number of hydrogen-bond acceptors (Lipinski definition) is 5. The maximum absolute atomic E-state index is 13.4. The lowest BCUT2D eigenvalue weighted by Gasteiger charge is -2.27. The topological polar surface area (TPSA) is 76.2 Å². The van der Waals surface area contributed by atoms with Crippen LogP contribution in [0, 0.1) is 0 Å². The van der Waals surface area contributed by atoms with Gasteiger partial charge in [-0.2, -0.15) is 4.31 Å². The maximum Gasteiger partial charge on any atom is 0.257 e. The van der Waals surface area contributed by atoms with Crippen LogP contribution in [0.1, 0.15) is 54.6 Å². The number of methoxy groups -OCH3 is 2. The highest BCUT2D eigenvalue weighted by atomic mass is 32.2. The van der Waals surface area contributed by atoms with E-state index in [2.05, 4.69) is 0 Å². The van der Waals surface area contributed by atoms with Crippen molar-refractivity contribution in [3.8, 4) is 11.5 Å². The smallest absolute Gasteiger partial charge is 0.257 e. The summed E-state index contributed by atoms with van der Waals surface area (Å²) in [5.41, 5.74) is 1.17. The van der Waals surface area contributed by atoms with Gasteiger partial charge in [0.15, 0.2) is 0 Å². The van der Waals surface area contributed by atoms with Crippen molar-refractivity contribution in [2.24, 2.45) is 0 Å². The van der Waals surface area contributed by atoms with Crippen LogP contribution in [0.15, 0.2) is 47.4 Å². The van der Waals surface area contributed by atoms with Gasteiger partial charge in [0.05, 0.1) is 30.7 Å². The first-order chi connectivity index (χ1) is 15.3. The highest BCUT2D eigenvalue weighted by Crippen LogP contribution is 2.29. The third-order valence-electron chi connectivity index (χ3n) is 6.10. The highest BCUT2D eigenvalue weighted by Gasteiger charge is 2.28. The molecule has 1 aliphatic rings. The van der Waals surface area contributed by atoms with Gasteiger partial charge in [-0.15, -0.1) is 0 Å². The van der Waals surface area contributed by atoms with Crippen molar-refractivity contribution >= 4 is 15.9 Å². The molecule has 32 heavy (non-hydrogen) atoms. The predicted octanol–water partition coefficient (Wildman–Crippen LogP) is 4.10. The zero-order valence-corrected chi connectivity index (χ0v) is 20.0. The van der Waals surface area contributed by atoms with Crippen molar-refractivity contribution in [2.75, 3.05) is 34.4 Å². The first-order valence-electron chi connectivity index (χ1n) is 10.9. The number of carbonyl (C=O) groups excluding carboxylic acids is 1. The minimum absolute atomic E-state index is 0.119. The van der Waals surface area contributed by atoms with Gasteiger partial charge < -0.3 is 14.4 Å². The number of benzene rings is 2. The molecular formula is C24H32N2O5S. The lowest BCUT2D eigenvalue weighted by atomic mass is 10.1. The van der Waals surface area contributed by atoms with Crippen LogP contribution in [0.3, 0.4) is 0 Å². The van der Waals surface area contributed by atoms with Crippen molar-refractivity contribution < 1.29 is 22.7 Å². The van der Waals surface area contributed by atoms with Gasteiger partial charge in [0, 0.05) is 20.1 Å². The molecule has 1 aliphatic heterocycles. The average Bonchev–Trinajstić information content (AvgIpc) is 3.12. The van der Waals surface area contributed by atoms with Gasteiger partial charge in [-0.1, -0.05) is 25.0 Å². The summed E-state index contributed by atoms with van der Waals surface area (Å²) in [6.45, 7) is 2.93. The molecule has 0 aliphatic carbocycles. The van der Waals surface area contributed by atoms with Gasteiger partial charge in [0.25, 0.3) is 5.91 Å². The molecule has 2 aromatic carbocycles. The summed E-state index contributed by atoms with van der Waals surface area (Å²) in [4.78, 5) is 15.1. The number of rotatable bonds is 7. The van der Waals surface area contributed by atoms with Crippen molar-refractivity contribution in [1.82, 2.24) is 9.21 Å². The summed E-state index contributed by atoms with van der Waals surface area (Å²) < 4.78 is 38.6. The fourth-order valence-electron chi connectivity index (χ4n) is 3.92.